The standard InChI is InChI=1S/C25H32N6O7S/c26-25(27)28-12-14-38-16-22(32)29-18-10-8-17(9-11-18)15-20(24(34)35)30-23(33)21-7-4-13-31(21)39(36,37)19-5-2-1-3-6-19/h1-3,5-6,8-11,20-21H,4,7,12-16H2,(H,29,32)(H,30,33)(H,34,35)(H4,26,27,28)/t20-,21-/m0/s1. The van der Waals surface area contributed by atoms with Gasteiger partial charge in [-0.15, -0.1) is 0 Å². The first-order valence-corrected chi connectivity index (χ1v) is 13.7. The number of aliphatic carboxylic acids is 1. The van der Waals surface area contributed by atoms with Crippen molar-refractivity contribution < 1.29 is 32.6 Å². The lowest BCUT2D eigenvalue weighted by Gasteiger charge is -2.25. The predicted molar refractivity (Wildman–Crippen MR) is 142 cm³/mol. The minimum Gasteiger partial charge on any atom is -0.480 e. The second-order valence-electron chi connectivity index (χ2n) is 8.83. The lowest BCUT2D eigenvalue weighted by molar-refractivity contribution is -0.142. The van der Waals surface area contributed by atoms with Crippen LogP contribution in [0.1, 0.15) is 18.4 Å². The Labute approximate surface area is 226 Å². The van der Waals surface area contributed by atoms with Gasteiger partial charge in [0.25, 0.3) is 0 Å². The van der Waals surface area contributed by atoms with Crippen molar-refractivity contribution in [3.05, 3.63) is 60.2 Å². The Hall–Kier alpha value is -4.01. The molecule has 1 aliphatic heterocycles. The number of nitrogens with one attached hydrogen (secondary N) is 4. The normalized spacial score (nSPS) is 16.3. The third-order valence-electron chi connectivity index (χ3n) is 5.94. The average Bonchev–Trinajstić information content (AvgIpc) is 3.41. The summed E-state index contributed by atoms with van der Waals surface area (Å²) in [6.45, 7) is 0.443. The van der Waals surface area contributed by atoms with E-state index in [0.717, 1.165) is 4.31 Å². The molecule has 7 N–H and O–H groups in total. The number of carbonyl (C=O) groups is 3. The Morgan fingerprint density at radius 1 is 1.13 bits per heavy atom. The van der Waals surface area contributed by atoms with E-state index in [0.29, 0.717) is 24.2 Å². The maximum atomic E-state index is 13.1. The van der Waals surface area contributed by atoms with Crippen molar-refractivity contribution in [3.63, 3.8) is 0 Å². The molecule has 2 aromatic carbocycles. The first kappa shape index (κ1) is 29.5. The van der Waals surface area contributed by atoms with Crippen LogP contribution in [0.3, 0.4) is 0 Å². The van der Waals surface area contributed by atoms with E-state index in [-0.39, 0.29) is 43.5 Å². The maximum absolute atomic E-state index is 13.1. The molecule has 0 aromatic heterocycles. The minimum atomic E-state index is -3.91. The van der Waals surface area contributed by atoms with E-state index < -0.39 is 39.9 Å². The summed E-state index contributed by atoms with van der Waals surface area (Å²) >= 11 is 0. The number of nitrogens with zero attached hydrogens (tertiary/aromatic N) is 1. The molecule has 0 radical (unpaired) electrons. The number of ether oxygens (including phenoxy) is 1. The zero-order chi connectivity index (χ0) is 28.4. The number of rotatable bonds is 13. The molecule has 2 aromatic rings. The molecule has 1 aliphatic rings. The number of carbonyl (C=O) groups excluding carboxylic acids is 2. The number of carboxylic acid groups (broad SMARTS) is 1. The molecule has 0 aliphatic carbocycles. The molecule has 3 rings (SSSR count). The lowest BCUT2D eigenvalue weighted by atomic mass is 10.0. The van der Waals surface area contributed by atoms with E-state index in [4.69, 9.17) is 15.9 Å². The van der Waals surface area contributed by atoms with Gasteiger partial charge in [0.15, 0.2) is 5.96 Å². The first-order chi connectivity index (χ1) is 18.6. The number of carboxylic acids is 1. The van der Waals surface area contributed by atoms with Crippen LogP contribution in [-0.2, 0) is 35.6 Å². The van der Waals surface area contributed by atoms with Gasteiger partial charge in [-0.05, 0) is 42.7 Å². The van der Waals surface area contributed by atoms with Gasteiger partial charge in [-0.25, -0.2) is 13.2 Å². The number of guanidine groups is 1. The molecular formula is C25H32N6O7S. The average molecular weight is 561 g/mol. The van der Waals surface area contributed by atoms with Gasteiger partial charge in [0.05, 0.1) is 11.5 Å². The fraction of sp³-hybridized carbons (Fsp3) is 0.360. The van der Waals surface area contributed by atoms with E-state index in [9.17, 15) is 27.9 Å². The smallest absolute Gasteiger partial charge is 0.326 e. The first-order valence-electron chi connectivity index (χ1n) is 12.2. The highest BCUT2D eigenvalue weighted by atomic mass is 32.2. The summed E-state index contributed by atoms with van der Waals surface area (Å²) in [6.07, 6.45) is 0.727. The van der Waals surface area contributed by atoms with E-state index in [1.54, 1.807) is 42.5 Å². The number of benzene rings is 2. The number of hydrogen-bond acceptors (Lipinski definition) is 7. The summed E-state index contributed by atoms with van der Waals surface area (Å²) in [5.74, 6) is -2.51. The van der Waals surface area contributed by atoms with Crippen LogP contribution in [0.25, 0.3) is 0 Å². The summed E-state index contributed by atoms with van der Waals surface area (Å²) in [6, 6.07) is 11.9. The number of amides is 2. The highest BCUT2D eigenvalue weighted by Crippen LogP contribution is 2.26. The van der Waals surface area contributed by atoms with Crippen molar-refractivity contribution in [1.29, 1.82) is 5.41 Å². The van der Waals surface area contributed by atoms with Crippen LogP contribution in [0, 0.1) is 5.41 Å². The van der Waals surface area contributed by atoms with Crippen LogP contribution in [0.15, 0.2) is 59.5 Å². The molecule has 2 atom stereocenters. The van der Waals surface area contributed by atoms with E-state index in [1.165, 1.54) is 12.1 Å². The zero-order valence-electron chi connectivity index (χ0n) is 21.1. The van der Waals surface area contributed by atoms with Crippen LogP contribution in [0.2, 0.25) is 0 Å². The van der Waals surface area contributed by atoms with Gasteiger partial charge >= 0.3 is 5.97 Å². The molecular weight excluding hydrogens is 528 g/mol. The van der Waals surface area contributed by atoms with E-state index in [2.05, 4.69) is 16.0 Å². The second-order valence-corrected chi connectivity index (χ2v) is 10.7. The molecule has 2 amide bonds. The van der Waals surface area contributed by atoms with Gasteiger partial charge in [0.2, 0.25) is 21.8 Å². The van der Waals surface area contributed by atoms with Gasteiger partial charge in [-0.2, -0.15) is 4.31 Å². The Kier molecular flexibility index (Phi) is 10.4. The van der Waals surface area contributed by atoms with Gasteiger partial charge in [-0.3, -0.25) is 15.0 Å². The Morgan fingerprint density at radius 2 is 1.82 bits per heavy atom. The van der Waals surface area contributed by atoms with Gasteiger partial charge in [-0.1, -0.05) is 30.3 Å². The largest absolute Gasteiger partial charge is 0.480 e. The second kappa shape index (κ2) is 13.7. The monoisotopic (exact) mass is 560 g/mol. The molecule has 0 unspecified atom stereocenters. The maximum Gasteiger partial charge on any atom is 0.326 e. The summed E-state index contributed by atoms with van der Waals surface area (Å²) in [5.41, 5.74) is 6.21. The number of nitrogens with two attached hydrogens (primary N) is 1. The topological polar surface area (TPSA) is 204 Å². The quantitative estimate of drug-likeness (QED) is 0.111. The Bertz CT molecular complexity index is 1270. The molecule has 210 valence electrons. The Morgan fingerprint density at radius 3 is 2.46 bits per heavy atom. The number of anilines is 1. The third-order valence-corrected chi connectivity index (χ3v) is 7.87. The molecule has 0 bridgehead atoms. The van der Waals surface area contributed by atoms with E-state index >= 15 is 0 Å². The molecule has 39 heavy (non-hydrogen) atoms. The van der Waals surface area contributed by atoms with Gasteiger partial charge in [0, 0.05) is 25.2 Å². The number of sulfonamides is 1. The summed E-state index contributed by atoms with van der Waals surface area (Å²) in [5, 5.41) is 24.4. The highest BCUT2D eigenvalue weighted by Gasteiger charge is 2.40. The molecule has 1 heterocycles. The molecule has 13 nitrogen and oxygen atoms in total. The zero-order valence-corrected chi connectivity index (χ0v) is 21.9. The number of hydrogen-bond donors (Lipinski definition) is 6. The van der Waals surface area contributed by atoms with E-state index in [1.807, 2.05) is 0 Å². The van der Waals surface area contributed by atoms with Crippen LogP contribution in [-0.4, -0.2) is 80.0 Å². The minimum absolute atomic E-state index is 0.0419. The third kappa shape index (κ3) is 8.49. The highest BCUT2D eigenvalue weighted by molar-refractivity contribution is 7.89. The molecule has 1 fully saturated rings. The van der Waals surface area contributed by atoms with Crippen LogP contribution in [0.4, 0.5) is 5.69 Å². The van der Waals surface area contributed by atoms with Crippen molar-refractivity contribution in [2.75, 3.05) is 31.6 Å². The van der Waals surface area contributed by atoms with Crippen LogP contribution >= 0.6 is 0 Å². The SMILES string of the molecule is N=C(N)NCCOCC(=O)Nc1ccc(C[C@H](NC(=O)[C@@H]2CCCN2S(=O)(=O)c2ccccc2)C(=O)O)cc1. The summed E-state index contributed by atoms with van der Waals surface area (Å²) < 4.78 is 32.4. The summed E-state index contributed by atoms with van der Waals surface area (Å²) in [7, 11) is -3.91. The molecule has 14 heteroatoms. The van der Waals surface area contributed by atoms with Crippen molar-refractivity contribution in [2.45, 2.75) is 36.2 Å². The van der Waals surface area contributed by atoms with Crippen molar-refractivity contribution >= 4 is 39.5 Å². The van der Waals surface area contributed by atoms with Crippen LogP contribution in [0.5, 0.6) is 0 Å². The van der Waals surface area contributed by atoms with Crippen LogP contribution < -0.4 is 21.7 Å². The molecule has 0 saturated carbocycles. The molecule has 1 saturated heterocycles. The van der Waals surface area contributed by atoms with Gasteiger partial charge in [0.1, 0.15) is 18.7 Å². The van der Waals surface area contributed by atoms with Gasteiger partial charge < -0.3 is 31.5 Å². The summed E-state index contributed by atoms with van der Waals surface area (Å²) in [4.78, 5) is 37.0. The molecule has 0 spiro atoms. The lowest BCUT2D eigenvalue weighted by Crippen LogP contribution is -2.51. The fourth-order valence-corrected chi connectivity index (χ4v) is 5.74. The van der Waals surface area contributed by atoms with Crippen molar-refractivity contribution in [3.8, 4) is 0 Å². The van der Waals surface area contributed by atoms with Crippen molar-refractivity contribution in [1.82, 2.24) is 14.9 Å². The van der Waals surface area contributed by atoms with Crippen molar-refractivity contribution in [2.24, 2.45) is 5.73 Å². The Balaban J connectivity index is 1.55. The fourth-order valence-electron chi connectivity index (χ4n) is 4.07. The predicted octanol–water partition coefficient (Wildman–Crippen LogP) is 0.0900.